The molecule has 0 amide bonds. The molecule has 0 unspecified atom stereocenters. The van der Waals surface area contributed by atoms with Gasteiger partial charge in [0.25, 0.3) is 0 Å². The van der Waals surface area contributed by atoms with Gasteiger partial charge in [-0.25, -0.2) is 4.39 Å². The Balaban J connectivity index is 2.22. The van der Waals surface area contributed by atoms with Crippen LogP contribution in [0, 0.1) is 5.82 Å². The van der Waals surface area contributed by atoms with Crippen molar-refractivity contribution in [2.75, 3.05) is 14.2 Å². The van der Waals surface area contributed by atoms with Gasteiger partial charge in [0, 0.05) is 16.6 Å². The predicted octanol–water partition coefficient (Wildman–Crippen LogP) is 3.90. The Morgan fingerprint density at radius 2 is 2.05 bits per heavy atom. The van der Waals surface area contributed by atoms with Gasteiger partial charge >= 0.3 is 0 Å². The van der Waals surface area contributed by atoms with E-state index in [1.165, 1.54) is 12.1 Å². The third kappa shape index (κ3) is 4.19. The van der Waals surface area contributed by atoms with E-state index >= 15 is 0 Å². The molecule has 3 nitrogen and oxygen atoms in total. The molecule has 1 N–H and O–H groups in total. The second kappa shape index (κ2) is 7.43. The lowest BCUT2D eigenvalue weighted by Gasteiger charge is -2.15. The molecule has 0 spiro atoms. The Morgan fingerprint density at radius 3 is 2.71 bits per heavy atom. The van der Waals surface area contributed by atoms with Crippen LogP contribution in [0.4, 0.5) is 4.39 Å². The molecule has 2 aromatic rings. The Labute approximate surface area is 132 Å². The summed E-state index contributed by atoms with van der Waals surface area (Å²) >= 11 is 3.28. The van der Waals surface area contributed by atoms with Crippen molar-refractivity contribution in [3.8, 4) is 11.5 Å². The lowest BCUT2D eigenvalue weighted by molar-refractivity contribution is 0.280. The normalized spacial score (nSPS) is 10.5. The van der Waals surface area contributed by atoms with Crippen molar-refractivity contribution in [1.82, 2.24) is 5.32 Å². The monoisotopic (exact) mass is 353 g/mol. The second-order valence-corrected chi connectivity index (χ2v) is 5.46. The van der Waals surface area contributed by atoms with E-state index in [-0.39, 0.29) is 12.4 Å². The van der Waals surface area contributed by atoms with Gasteiger partial charge in [-0.2, -0.15) is 0 Å². The quantitative estimate of drug-likeness (QED) is 0.854. The van der Waals surface area contributed by atoms with Crippen LogP contribution >= 0.6 is 15.9 Å². The minimum atomic E-state index is -0.293. The first-order valence-electron chi connectivity index (χ1n) is 6.52. The summed E-state index contributed by atoms with van der Waals surface area (Å²) < 4.78 is 25.3. The zero-order valence-electron chi connectivity index (χ0n) is 12.0. The fraction of sp³-hybridized carbons (Fsp3) is 0.250. The van der Waals surface area contributed by atoms with E-state index in [1.807, 2.05) is 31.3 Å². The maximum atomic E-state index is 13.4. The number of halogens is 2. The summed E-state index contributed by atoms with van der Waals surface area (Å²) in [5.74, 6) is 1.05. The Bertz CT molecular complexity index is 599. The van der Waals surface area contributed by atoms with Gasteiger partial charge in [0.15, 0.2) is 11.5 Å². The number of hydrogen-bond acceptors (Lipinski definition) is 3. The smallest absolute Gasteiger partial charge is 0.166 e. The Kier molecular flexibility index (Phi) is 5.59. The van der Waals surface area contributed by atoms with E-state index < -0.39 is 0 Å². The van der Waals surface area contributed by atoms with Crippen molar-refractivity contribution >= 4 is 15.9 Å². The van der Waals surface area contributed by atoms with Crippen LogP contribution in [0.3, 0.4) is 0 Å². The summed E-state index contributed by atoms with van der Waals surface area (Å²) in [6.45, 7) is 0.937. The molecule has 0 heterocycles. The van der Waals surface area contributed by atoms with E-state index in [9.17, 15) is 4.39 Å². The maximum Gasteiger partial charge on any atom is 0.166 e. The second-order valence-electron chi connectivity index (χ2n) is 4.55. The van der Waals surface area contributed by atoms with Gasteiger partial charge in [0.2, 0.25) is 0 Å². The van der Waals surface area contributed by atoms with Crippen LogP contribution in [-0.2, 0) is 13.2 Å². The van der Waals surface area contributed by atoms with E-state index in [0.717, 1.165) is 11.1 Å². The molecule has 0 aliphatic rings. The molecule has 112 valence electrons. The molecule has 0 bridgehead atoms. The summed E-state index contributed by atoms with van der Waals surface area (Å²) in [5.41, 5.74) is 1.75. The van der Waals surface area contributed by atoms with Crippen molar-refractivity contribution in [3.63, 3.8) is 0 Å². The highest BCUT2D eigenvalue weighted by Gasteiger charge is 2.10. The lowest BCUT2D eigenvalue weighted by Crippen LogP contribution is -2.08. The molecule has 0 aliphatic heterocycles. The number of benzene rings is 2. The Morgan fingerprint density at radius 1 is 1.24 bits per heavy atom. The first-order valence-corrected chi connectivity index (χ1v) is 7.31. The number of hydrogen-bond donors (Lipinski definition) is 1. The van der Waals surface area contributed by atoms with Gasteiger partial charge in [-0.1, -0.05) is 28.1 Å². The lowest BCUT2D eigenvalue weighted by atomic mass is 10.1. The highest BCUT2D eigenvalue weighted by Crippen LogP contribution is 2.32. The third-order valence-corrected chi connectivity index (χ3v) is 3.41. The summed E-state index contributed by atoms with van der Waals surface area (Å²) in [7, 11) is 3.47. The van der Waals surface area contributed by atoms with Crippen LogP contribution in [-0.4, -0.2) is 14.2 Å². The molecule has 2 aromatic carbocycles. The fourth-order valence-corrected chi connectivity index (χ4v) is 2.58. The van der Waals surface area contributed by atoms with Crippen molar-refractivity contribution in [2.24, 2.45) is 0 Å². The van der Waals surface area contributed by atoms with Gasteiger partial charge < -0.3 is 14.8 Å². The average Bonchev–Trinajstić information content (AvgIpc) is 2.45. The van der Waals surface area contributed by atoms with Gasteiger partial charge in [-0.3, -0.25) is 0 Å². The van der Waals surface area contributed by atoms with Crippen LogP contribution in [0.5, 0.6) is 11.5 Å². The predicted molar refractivity (Wildman–Crippen MR) is 84.2 cm³/mol. The van der Waals surface area contributed by atoms with Gasteiger partial charge in [0.1, 0.15) is 12.4 Å². The van der Waals surface area contributed by atoms with Crippen LogP contribution in [0.2, 0.25) is 0 Å². The number of methoxy groups -OCH3 is 1. The van der Waals surface area contributed by atoms with Gasteiger partial charge in [-0.05, 0) is 36.9 Å². The summed E-state index contributed by atoms with van der Waals surface area (Å²) in [4.78, 5) is 0. The highest BCUT2D eigenvalue weighted by molar-refractivity contribution is 9.10. The van der Waals surface area contributed by atoms with Gasteiger partial charge in [-0.15, -0.1) is 0 Å². The summed E-state index contributed by atoms with van der Waals surface area (Å²) in [6.07, 6.45) is 0. The topological polar surface area (TPSA) is 30.5 Å². The number of nitrogens with one attached hydrogen (secondary N) is 1. The minimum absolute atomic E-state index is 0.271. The molecule has 0 atom stereocenters. The molecule has 0 saturated carbocycles. The van der Waals surface area contributed by atoms with Crippen LogP contribution < -0.4 is 14.8 Å². The maximum absolute atomic E-state index is 13.4. The van der Waals surface area contributed by atoms with E-state index in [4.69, 9.17) is 9.47 Å². The van der Waals surface area contributed by atoms with Crippen molar-refractivity contribution in [2.45, 2.75) is 13.2 Å². The van der Waals surface area contributed by atoms with Crippen LogP contribution in [0.1, 0.15) is 11.1 Å². The minimum Gasteiger partial charge on any atom is -0.493 e. The largest absolute Gasteiger partial charge is 0.493 e. The van der Waals surface area contributed by atoms with Crippen LogP contribution in [0.25, 0.3) is 0 Å². The van der Waals surface area contributed by atoms with Crippen molar-refractivity contribution < 1.29 is 13.9 Å². The third-order valence-electron chi connectivity index (χ3n) is 2.95. The molecular formula is C16H17BrFNO2. The van der Waals surface area contributed by atoms with Crippen molar-refractivity contribution in [3.05, 3.63) is 57.8 Å². The van der Waals surface area contributed by atoms with Gasteiger partial charge in [0.05, 0.1) is 7.11 Å². The molecule has 5 heteroatoms. The fourth-order valence-electron chi connectivity index (χ4n) is 2.07. The number of rotatable bonds is 6. The van der Waals surface area contributed by atoms with E-state index in [2.05, 4.69) is 21.2 Å². The first kappa shape index (κ1) is 15.8. The molecule has 21 heavy (non-hydrogen) atoms. The number of para-hydroxylation sites is 1. The van der Waals surface area contributed by atoms with Crippen molar-refractivity contribution in [1.29, 1.82) is 0 Å². The molecule has 0 radical (unpaired) electrons. The molecule has 0 aliphatic carbocycles. The zero-order chi connectivity index (χ0) is 15.2. The van der Waals surface area contributed by atoms with E-state index in [1.54, 1.807) is 7.11 Å². The molecule has 0 saturated heterocycles. The SMILES string of the molecule is CNCc1cccc(OC)c1OCc1cc(F)cc(Br)c1. The molecule has 0 fully saturated rings. The average molecular weight is 354 g/mol. The first-order chi connectivity index (χ1) is 10.1. The molecule has 2 rings (SSSR count). The summed E-state index contributed by atoms with van der Waals surface area (Å²) in [5, 5.41) is 3.09. The Hall–Kier alpha value is -1.59. The molecule has 0 aromatic heterocycles. The highest BCUT2D eigenvalue weighted by atomic mass is 79.9. The zero-order valence-corrected chi connectivity index (χ0v) is 13.5. The van der Waals surface area contributed by atoms with Crippen LogP contribution in [0.15, 0.2) is 40.9 Å². The summed E-state index contributed by atoms with van der Waals surface area (Å²) in [6, 6.07) is 10.4. The number of ether oxygens (including phenoxy) is 2. The molecular weight excluding hydrogens is 337 g/mol. The van der Waals surface area contributed by atoms with E-state index in [0.29, 0.717) is 22.5 Å². The standard InChI is InChI=1S/C16H17BrFNO2/c1-19-9-12-4-3-5-15(20-2)16(12)21-10-11-6-13(17)8-14(18)7-11/h3-8,19H,9-10H2,1-2H3.